The Bertz CT molecular complexity index is 1030. The van der Waals surface area contributed by atoms with Crippen LogP contribution in [0, 0.1) is 0 Å². The van der Waals surface area contributed by atoms with Gasteiger partial charge in [-0.05, 0) is 68.6 Å². The fraction of sp³-hybridized carbons (Fsp3) is 0.458. The Hall–Kier alpha value is -2.58. The number of nitrogens with zero attached hydrogens (tertiary/aromatic N) is 3. The molecule has 1 atom stereocenters. The summed E-state index contributed by atoms with van der Waals surface area (Å²) in [6, 6.07) is 8.10. The van der Waals surface area contributed by atoms with Crippen molar-refractivity contribution in [3.63, 3.8) is 0 Å². The summed E-state index contributed by atoms with van der Waals surface area (Å²) in [5, 5.41) is 10.9. The smallest absolute Gasteiger partial charge is 0.418 e. The normalized spacial score (nSPS) is 17.0. The van der Waals surface area contributed by atoms with E-state index in [2.05, 4.69) is 16.0 Å². The first-order valence-electron chi connectivity index (χ1n) is 11.0. The van der Waals surface area contributed by atoms with E-state index in [-0.39, 0.29) is 12.1 Å². The molecule has 1 aromatic carbocycles. The molecule has 0 amide bonds. The highest BCUT2D eigenvalue weighted by Gasteiger charge is 2.34. The lowest BCUT2D eigenvalue weighted by molar-refractivity contribution is -0.136. The summed E-state index contributed by atoms with van der Waals surface area (Å²) in [6.45, 7) is 4.48. The lowest BCUT2D eigenvalue weighted by Gasteiger charge is -2.33. The number of ether oxygens (including phenoxy) is 1. The van der Waals surface area contributed by atoms with Crippen molar-refractivity contribution in [2.75, 3.05) is 26.2 Å². The van der Waals surface area contributed by atoms with Crippen molar-refractivity contribution in [1.29, 1.82) is 0 Å². The zero-order chi connectivity index (χ0) is 22.7. The van der Waals surface area contributed by atoms with E-state index in [1.165, 1.54) is 11.6 Å². The van der Waals surface area contributed by atoms with Gasteiger partial charge in [-0.25, -0.2) is 0 Å². The molecule has 172 valence electrons. The average Bonchev–Trinajstić information content (AvgIpc) is 3.22. The topological polar surface area (TPSA) is 50.5 Å². The summed E-state index contributed by atoms with van der Waals surface area (Å²) in [4.78, 5) is 6.40. The highest BCUT2D eigenvalue weighted by Crippen LogP contribution is 2.39. The maximum absolute atomic E-state index is 13.5. The van der Waals surface area contributed by atoms with Crippen LogP contribution in [0.2, 0.25) is 0 Å². The molecule has 2 aromatic heterocycles. The molecule has 1 aliphatic rings. The molecule has 0 radical (unpaired) electrons. The zero-order valence-corrected chi connectivity index (χ0v) is 18.1. The average molecular weight is 448 g/mol. The Morgan fingerprint density at radius 3 is 2.62 bits per heavy atom. The van der Waals surface area contributed by atoms with E-state index in [0.29, 0.717) is 30.1 Å². The molecule has 1 aliphatic heterocycles. The molecular weight excluding hydrogens is 419 g/mol. The van der Waals surface area contributed by atoms with E-state index in [1.54, 1.807) is 30.0 Å². The largest absolute Gasteiger partial charge is 0.490 e. The van der Waals surface area contributed by atoms with E-state index in [0.717, 1.165) is 32.0 Å². The number of benzene rings is 1. The first-order valence-corrected chi connectivity index (χ1v) is 11.0. The van der Waals surface area contributed by atoms with Gasteiger partial charge in [-0.2, -0.15) is 13.2 Å². The van der Waals surface area contributed by atoms with Crippen molar-refractivity contribution in [2.24, 2.45) is 0 Å². The number of β-amino-alcohol motifs (C(OH)–C–C–N with tert-alkyl or cyclic N) is 1. The Kier molecular flexibility index (Phi) is 6.71. The minimum atomic E-state index is -4.44. The van der Waals surface area contributed by atoms with Gasteiger partial charge < -0.3 is 19.3 Å². The van der Waals surface area contributed by atoms with Crippen molar-refractivity contribution in [1.82, 2.24) is 14.5 Å². The van der Waals surface area contributed by atoms with Gasteiger partial charge in [0.05, 0.1) is 11.1 Å². The predicted molar refractivity (Wildman–Crippen MR) is 117 cm³/mol. The summed E-state index contributed by atoms with van der Waals surface area (Å²) < 4.78 is 47.7. The van der Waals surface area contributed by atoms with Crippen LogP contribution in [0.4, 0.5) is 13.2 Å². The van der Waals surface area contributed by atoms with Crippen LogP contribution in [0.1, 0.15) is 36.8 Å². The third kappa shape index (κ3) is 4.91. The minimum absolute atomic E-state index is 0.0281. The van der Waals surface area contributed by atoms with Crippen LogP contribution in [0.25, 0.3) is 10.9 Å². The number of halogens is 3. The number of aliphatic hydroxyl groups is 1. The molecule has 5 nitrogen and oxygen atoms in total. The number of hydrogen-bond acceptors (Lipinski definition) is 4. The fourth-order valence-corrected chi connectivity index (χ4v) is 4.52. The van der Waals surface area contributed by atoms with Crippen LogP contribution in [-0.2, 0) is 12.7 Å². The number of aromatic nitrogens is 2. The van der Waals surface area contributed by atoms with Gasteiger partial charge >= 0.3 is 6.18 Å². The van der Waals surface area contributed by atoms with E-state index in [1.807, 2.05) is 12.3 Å². The zero-order valence-electron chi connectivity index (χ0n) is 18.1. The Balaban J connectivity index is 1.35. The summed E-state index contributed by atoms with van der Waals surface area (Å²) in [6.07, 6.45) is 2.16. The summed E-state index contributed by atoms with van der Waals surface area (Å²) >= 11 is 0. The van der Waals surface area contributed by atoms with E-state index in [4.69, 9.17) is 4.74 Å². The van der Waals surface area contributed by atoms with Crippen LogP contribution >= 0.6 is 0 Å². The third-order valence-corrected chi connectivity index (χ3v) is 6.18. The maximum Gasteiger partial charge on any atom is 0.418 e. The van der Waals surface area contributed by atoms with Crippen LogP contribution in [-0.4, -0.2) is 51.9 Å². The highest BCUT2D eigenvalue weighted by atomic mass is 19.4. The Labute approximate surface area is 185 Å². The molecule has 0 saturated carbocycles. The van der Waals surface area contributed by atoms with E-state index >= 15 is 0 Å². The second-order valence-corrected chi connectivity index (χ2v) is 8.30. The van der Waals surface area contributed by atoms with Crippen molar-refractivity contribution in [2.45, 2.75) is 44.5 Å². The van der Waals surface area contributed by atoms with Gasteiger partial charge in [0.25, 0.3) is 0 Å². The minimum Gasteiger partial charge on any atom is -0.490 e. The lowest BCUT2D eigenvalue weighted by atomic mass is 9.90. The molecule has 4 rings (SSSR count). The van der Waals surface area contributed by atoms with Crippen molar-refractivity contribution < 1.29 is 23.0 Å². The molecule has 3 heterocycles. The predicted octanol–water partition coefficient (Wildman–Crippen LogP) is 4.69. The number of hydrogen-bond donors (Lipinski definition) is 1. The van der Waals surface area contributed by atoms with Crippen molar-refractivity contribution in [3.8, 4) is 5.75 Å². The van der Waals surface area contributed by atoms with Gasteiger partial charge in [0, 0.05) is 37.1 Å². The van der Waals surface area contributed by atoms with Gasteiger partial charge in [-0.15, -0.1) is 0 Å². The van der Waals surface area contributed by atoms with E-state index < -0.39 is 17.8 Å². The second kappa shape index (κ2) is 9.50. The first-order chi connectivity index (χ1) is 15.4. The Morgan fingerprint density at radius 1 is 1.19 bits per heavy atom. The van der Waals surface area contributed by atoms with Crippen molar-refractivity contribution >= 4 is 10.9 Å². The van der Waals surface area contributed by atoms with Gasteiger partial charge in [-0.1, -0.05) is 6.07 Å². The van der Waals surface area contributed by atoms with Crippen LogP contribution < -0.4 is 4.74 Å². The SMILES string of the molecule is CCn1ccc2c(OC[C@H](O)CN3CCC(c4cccnc4)CC3)ccc(C(F)(F)F)c21. The van der Waals surface area contributed by atoms with E-state index in [9.17, 15) is 18.3 Å². The van der Waals surface area contributed by atoms with Gasteiger partial charge in [0.2, 0.25) is 0 Å². The number of fused-ring (bicyclic) bond motifs is 1. The molecule has 0 bridgehead atoms. The number of likely N-dealkylation sites (tertiary alicyclic amines) is 1. The Morgan fingerprint density at radius 2 is 1.97 bits per heavy atom. The molecule has 1 fully saturated rings. The molecule has 8 heteroatoms. The lowest BCUT2D eigenvalue weighted by Crippen LogP contribution is -2.40. The molecule has 0 spiro atoms. The van der Waals surface area contributed by atoms with Gasteiger partial charge in [-0.3, -0.25) is 4.98 Å². The monoisotopic (exact) mass is 447 g/mol. The number of alkyl halides is 3. The number of pyridine rings is 1. The molecule has 0 unspecified atom stereocenters. The first kappa shape index (κ1) is 22.6. The molecule has 3 aromatic rings. The van der Waals surface area contributed by atoms with Gasteiger partial charge in [0.15, 0.2) is 0 Å². The third-order valence-electron chi connectivity index (χ3n) is 6.18. The number of aryl methyl sites for hydroxylation is 1. The number of piperidine rings is 1. The highest BCUT2D eigenvalue weighted by molar-refractivity contribution is 5.89. The summed E-state index contributed by atoms with van der Waals surface area (Å²) in [5.74, 6) is 0.839. The molecule has 1 N–H and O–H groups in total. The summed E-state index contributed by atoms with van der Waals surface area (Å²) in [5.41, 5.74) is 0.689. The van der Waals surface area contributed by atoms with Crippen molar-refractivity contribution in [3.05, 3.63) is 60.0 Å². The maximum atomic E-state index is 13.5. The molecule has 1 saturated heterocycles. The molecular formula is C24H28F3N3O2. The quantitative estimate of drug-likeness (QED) is 0.571. The number of aliphatic hydroxyl groups excluding tert-OH is 1. The standard InChI is InChI=1S/C24H28F3N3O2/c1-2-30-13-9-20-22(6-5-21(23(20)30)24(25,26)27)32-16-19(31)15-29-11-7-17(8-12-29)18-4-3-10-28-14-18/h3-6,9-10,13-14,17,19,31H,2,7-8,11-12,15-16H2,1H3/t19-/m1/s1. The summed E-state index contributed by atoms with van der Waals surface area (Å²) in [7, 11) is 0. The fourth-order valence-electron chi connectivity index (χ4n) is 4.52. The number of rotatable bonds is 7. The van der Waals surface area contributed by atoms with Crippen LogP contribution in [0.15, 0.2) is 48.9 Å². The van der Waals surface area contributed by atoms with Crippen LogP contribution in [0.5, 0.6) is 5.75 Å². The molecule has 0 aliphatic carbocycles. The van der Waals surface area contributed by atoms with Gasteiger partial charge in [0.1, 0.15) is 18.5 Å². The molecule has 32 heavy (non-hydrogen) atoms. The van der Waals surface area contributed by atoms with Crippen LogP contribution in [0.3, 0.4) is 0 Å². The second-order valence-electron chi connectivity index (χ2n) is 8.30.